The monoisotopic (exact) mass is 405 g/mol. The van der Waals surface area contributed by atoms with Crippen molar-refractivity contribution in [3.8, 4) is 11.5 Å². The number of para-hydroxylation sites is 1. The zero-order chi connectivity index (χ0) is 20.7. The van der Waals surface area contributed by atoms with Crippen LogP contribution in [-0.4, -0.2) is 31.8 Å². The van der Waals surface area contributed by atoms with Gasteiger partial charge in [0.15, 0.2) is 6.04 Å². The van der Waals surface area contributed by atoms with E-state index in [1.807, 2.05) is 16.9 Å². The van der Waals surface area contributed by atoms with Gasteiger partial charge in [0.25, 0.3) is 0 Å². The summed E-state index contributed by atoms with van der Waals surface area (Å²) in [5.74, 6) is -0.668. The maximum atomic E-state index is 12.5. The van der Waals surface area contributed by atoms with E-state index >= 15 is 0 Å². The van der Waals surface area contributed by atoms with E-state index in [0.29, 0.717) is 11.7 Å². The fourth-order valence-corrected chi connectivity index (χ4v) is 4.07. The smallest absolute Gasteiger partial charge is 0.329 e. The van der Waals surface area contributed by atoms with Gasteiger partial charge in [-0.3, -0.25) is 4.79 Å². The van der Waals surface area contributed by atoms with Crippen LogP contribution in [0.2, 0.25) is 0 Å². The predicted molar refractivity (Wildman–Crippen MR) is 104 cm³/mol. The molecule has 7 nitrogen and oxygen atoms in total. The lowest BCUT2D eigenvalue weighted by Gasteiger charge is -2.15. The third-order valence-electron chi connectivity index (χ3n) is 4.39. The van der Waals surface area contributed by atoms with Crippen molar-refractivity contribution in [1.29, 1.82) is 0 Å². The van der Waals surface area contributed by atoms with Crippen LogP contribution >= 0.6 is 0 Å². The number of aliphatic carboxylic acids is 1. The molecule has 150 valence electrons. The van der Waals surface area contributed by atoms with Gasteiger partial charge in [0.1, 0.15) is 22.7 Å². The van der Waals surface area contributed by atoms with Crippen molar-refractivity contribution in [2.75, 3.05) is 0 Å². The largest absolute Gasteiger partial charge is 0.480 e. The van der Waals surface area contributed by atoms with Crippen molar-refractivity contribution >= 4 is 22.3 Å². The van der Waals surface area contributed by atoms with Crippen LogP contribution in [0.5, 0.6) is 11.5 Å². The first-order chi connectivity index (χ1) is 13.3. The molecule has 0 aliphatic carbocycles. The molecule has 0 unspecified atom stereocenters. The Morgan fingerprint density at radius 2 is 1.71 bits per heavy atom. The van der Waals surface area contributed by atoms with Crippen LogP contribution in [0.1, 0.15) is 38.2 Å². The second-order valence-electron chi connectivity index (χ2n) is 6.20. The summed E-state index contributed by atoms with van der Waals surface area (Å²) in [6, 6.07) is 11.3. The fraction of sp³-hybridized carbons (Fsp3) is 0.300. The van der Waals surface area contributed by atoms with Gasteiger partial charge in [-0.2, -0.15) is 4.72 Å². The number of benzene rings is 2. The number of carbonyl (C=O) groups is 2. The van der Waals surface area contributed by atoms with Gasteiger partial charge >= 0.3 is 5.97 Å². The summed E-state index contributed by atoms with van der Waals surface area (Å²) in [6.07, 6.45) is 2.05. The SMILES string of the molecule is CCC(CC)c1ccc(Oc2ccccc2S(=O)(=O)N[C@H](C=O)C(=O)O)cc1. The second kappa shape index (κ2) is 9.48. The number of carbonyl (C=O) groups excluding carboxylic acids is 1. The Hall–Kier alpha value is -2.71. The summed E-state index contributed by atoms with van der Waals surface area (Å²) < 4.78 is 32.6. The molecule has 0 bridgehead atoms. The first kappa shape index (κ1) is 21.6. The first-order valence-corrected chi connectivity index (χ1v) is 10.4. The van der Waals surface area contributed by atoms with Crippen molar-refractivity contribution in [2.24, 2.45) is 0 Å². The number of carboxylic acid groups (broad SMARTS) is 1. The van der Waals surface area contributed by atoms with E-state index in [4.69, 9.17) is 9.84 Å². The molecular formula is C20H23NO6S. The first-order valence-electron chi connectivity index (χ1n) is 8.89. The number of sulfonamides is 1. The minimum absolute atomic E-state index is 0.0138. The van der Waals surface area contributed by atoms with Crippen LogP contribution in [0.15, 0.2) is 53.4 Å². The second-order valence-corrected chi connectivity index (χ2v) is 7.89. The van der Waals surface area contributed by atoms with Crippen LogP contribution < -0.4 is 9.46 Å². The third kappa shape index (κ3) is 5.17. The highest BCUT2D eigenvalue weighted by Crippen LogP contribution is 2.30. The molecule has 0 saturated carbocycles. The number of hydrogen-bond donors (Lipinski definition) is 2. The van der Waals surface area contributed by atoms with Gasteiger partial charge in [0.2, 0.25) is 10.0 Å². The summed E-state index contributed by atoms with van der Waals surface area (Å²) in [5, 5.41) is 8.91. The van der Waals surface area contributed by atoms with Crippen LogP contribution in [0.4, 0.5) is 0 Å². The van der Waals surface area contributed by atoms with Crippen LogP contribution in [-0.2, 0) is 19.6 Å². The maximum absolute atomic E-state index is 12.5. The van der Waals surface area contributed by atoms with Gasteiger partial charge in [-0.25, -0.2) is 8.42 Å². The lowest BCUT2D eigenvalue weighted by atomic mass is 9.94. The van der Waals surface area contributed by atoms with E-state index in [1.54, 1.807) is 18.2 Å². The third-order valence-corrected chi connectivity index (χ3v) is 5.87. The van der Waals surface area contributed by atoms with E-state index < -0.39 is 22.0 Å². The number of carboxylic acids is 1. The molecule has 0 aromatic heterocycles. The lowest BCUT2D eigenvalue weighted by molar-refractivity contribution is -0.140. The predicted octanol–water partition coefficient (Wildman–Crippen LogP) is 3.31. The zero-order valence-electron chi connectivity index (χ0n) is 15.7. The van der Waals surface area contributed by atoms with Crippen molar-refractivity contribution < 1.29 is 27.9 Å². The van der Waals surface area contributed by atoms with Crippen molar-refractivity contribution in [3.63, 3.8) is 0 Å². The zero-order valence-corrected chi connectivity index (χ0v) is 16.5. The molecule has 2 rings (SSSR count). The van der Waals surface area contributed by atoms with Crippen molar-refractivity contribution in [1.82, 2.24) is 4.72 Å². The molecule has 0 fully saturated rings. The highest BCUT2D eigenvalue weighted by Gasteiger charge is 2.27. The van der Waals surface area contributed by atoms with Gasteiger partial charge in [-0.1, -0.05) is 38.1 Å². The standard InChI is InChI=1S/C20H23NO6S/c1-3-14(4-2)15-9-11-16(12-10-15)27-18-7-5-6-8-19(18)28(25,26)21-17(13-22)20(23)24/h5-14,17,21H,3-4H2,1-2H3,(H,23,24)/t17-/m1/s1. The molecule has 0 spiro atoms. The Bertz CT molecular complexity index is 920. The molecule has 1 atom stereocenters. The van der Waals surface area contributed by atoms with E-state index in [2.05, 4.69) is 13.8 Å². The minimum Gasteiger partial charge on any atom is -0.480 e. The van der Waals surface area contributed by atoms with E-state index in [9.17, 15) is 18.0 Å². The fourth-order valence-electron chi connectivity index (χ4n) is 2.82. The number of aldehydes is 1. The number of ether oxygens (including phenoxy) is 1. The van der Waals surface area contributed by atoms with E-state index in [0.717, 1.165) is 12.8 Å². The Morgan fingerprint density at radius 1 is 1.11 bits per heavy atom. The van der Waals surface area contributed by atoms with Crippen LogP contribution in [0, 0.1) is 0 Å². The molecule has 0 saturated heterocycles. The van der Waals surface area contributed by atoms with Crippen LogP contribution in [0.3, 0.4) is 0 Å². The average Bonchev–Trinajstić information content (AvgIpc) is 2.68. The molecule has 8 heteroatoms. The Morgan fingerprint density at radius 3 is 2.25 bits per heavy atom. The van der Waals surface area contributed by atoms with Gasteiger partial charge in [0, 0.05) is 0 Å². The van der Waals surface area contributed by atoms with Crippen molar-refractivity contribution in [3.05, 3.63) is 54.1 Å². The van der Waals surface area contributed by atoms with Gasteiger partial charge in [-0.05, 0) is 48.6 Å². The number of rotatable bonds is 10. The number of hydrogen-bond acceptors (Lipinski definition) is 5. The normalized spacial score (nSPS) is 12.5. The van der Waals surface area contributed by atoms with E-state index in [1.165, 1.54) is 23.8 Å². The van der Waals surface area contributed by atoms with Gasteiger partial charge < -0.3 is 14.6 Å². The summed E-state index contributed by atoms with van der Waals surface area (Å²) in [4.78, 5) is 21.5. The Balaban J connectivity index is 2.29. The molecule has 2 aromatic rings. The Kier molecular flexibility index (Phi) is 7.31. The quantitative estimate of drug-likeness (QED) is 0.464. The molecule has 2 N–H and O–H groups in total. The molecule has 0 amide bonds. The topological polar surface area (TPSA) is 110 Å². The summed E-state index contributed by atoms with van der Waals surface area (Å²) in [5.41, 5.74) is 1.18. The Labute approximate surface area is 164 Å². The van der Waals surface area contributed by atoms with E-state index in [-0.39, 0.29) is 16.9 Å². The summed E-state index contributed by atoms with van der Waals surface area (Å²) in [6.45, 7) is 4.24. The maximum Gasteiger partial charge on any atom is 0.329 e. The van der Waals surface area contributed by atoms with Crippen molar-refractivity contribution in [2.45, 2.75) is 43.5 Å². The summed E-state index contributed by atoms with van der Waals surface area (Å²) >= 11 is 0. The van der Waals surface area contributed by atoms with Crippen LogP contribution in [0.25, 0.3) is 0 Å². The van der Waals surface area contributed by atoms with Gasteiger partial charge in [0.05, 0.1) is 0 Å². The molecule has 0 heterocycles. The molecule has 0 aliphatic rings. The molecule has 0 radical (unpaired) electrons. The van der Waals surface area contributed by atoms with Gasteiger partial charge in [-0.15, -0.1) is 0 Å². The molecular weight excluding hydrogens is 382 g/mol. The number of nitrogens with one attached hydrogen (secondary N) is 1. The highest BCUT2D eigenvalue weighted by molar-refractivity contribution is 7.89. The minimum atomic E-state index is -4.28. The average molecular weight is 405 g/mol. The summed E-state index contributed by atoms with van der Waals surface area (Å²) in [7, 11) is -4.28. The highest BCUT2D eigenvalue weighted by atomic mass is 32.2. The molecule has 28 heavy (non-hydrogen) atoms. The molecule has 2 aromatic carbocycles. The lowest BCUT2D eigenvalue weighted by Crippen LogP contribution is -2.41. The molecule has 0 aliphatic heterocycles.